The lowest BCUT2D eigenvalue weighted by molar-refractivity contribution is -0.117. The van der Waals surface area contributed by atoms with Crippen molar-refractivity contribution in [3.63, 3.8) is 0 Å². The van der Waals surface area contributed by atoms with E-state index in [9.17, 15) is 4.79 Å². The molecule has 0 bridgehead atoms. The van der Waals surface area contributed by atoms with Crippen molar-refractivity contribution in [2.45, 2.75) is 54.4 Å². The third-order valence-corrected chi connectivity index (χ3v) is 1.72. The van der Waals surface area contributed by atoms with Crippen LogP contribution in [-0.2, 0) is 4.79 Å². The Bertz CT molecular complexity index is 239. The van der Waals surface area contributed by atoms with Gasteiger partial charge in [0.15, 0.2) is 0 Å². The van der Waals surface area contributed by atoms with E-state index in [0.717, 1.165) is 19.4 Å². The van der Waals surface area contributed by atoms with Crippen LogP contribution < -0.4 is 5.32 Å². The lowest BCUT2D eigenvalue weighted by Gasteiger charge is -2.03. The molecule has 0 saturated heterocycles. The number of carbonyl (C=O) groups is 1. The van der Waals surface area contributed by atoms with Gasteiger partial charge < -0.3 is 5.32 Å². The van der Waals surface area contributed by atoms with E-state index in [1.54, 1.807) is 18.2 Å². The van der Waals surface area contributed by atoms with Gasteiger partial charge in [0.25, 0.3) is 5.91 Å². The van der Waals surface area contributed by atoms with Gasteiger partial charge in [-0.15, -0.1) is 0 Å². The fourth-order valence-electron chi connectivity index (χ4n) is 0.994. The smallest absolute Gasteiger partial charge is 0.251 e. The van der Waals surface area contributed by atoms with Crippen LogP contribution in [0.2, 0.25) is 0 Å². The van der Waals surface area contributed by atoms with Gasteiger partial charge in [-0.1, -0.05) is 71.9 Å². The Morgan fingerprint density at radius 3 is 2.17 bits per heavy atom. The molecule has 2 heteroatoms. The lowest BCUT2D eigenvalue weighted by atomic mass is 10.2. The van der Waals surface area contributed by atoms with Gasteiger partial charge in [0.1, 0.15) is 0 Å². The SMILES string of the molecule is C=C/C=C(\C=C/C)C(=O)NCCCC.CC.CC. The Kier molecular flexibility index (Phi) is 25.6. The van der Waals surface area contributed by atoms with Crippen LogP contribution in [0.5, 0.6) is 0 Å². The van der Waals surface area contributed by atoms with Crippen molar-refractivity contribution >= 4 is 5.91 Å². The first-order chi connectivity index (χ1) is 8.76. The van der Waals surface area contributed by atoms with Gasteiger partial charge in [0.2, 0.25) is 0 Å². The molecule has 0 aliphatic heterocycles. The summed E-state index contributed by atoms with van der Waals surface area (Å²) in [6, 6.07) is 0. The average Bonchev–Trinajstić information content (AvgIpc) is 2.43. The molecule has 0 aliphatic rings. The molecule has 0 heterocycles. The number of rotatable bonds is 6. The van der Waals surface area contributed by atoms with Crippen molar-refractivity contribution in [3.05, 3.63) is 36.5 Å². The Morgan fingerprint density at radius 2 is 1.78 bits per heavy atom. The second-order valence-electron chi connectivity index (χ2n) is 2.97. The van der Waals surface area contributed by atoms with E-state index in [1.807, 2.05) is 40.7 Å². The number of unbranched alkanes of at least 4 members (excludes halogenated alkanes) is 1. The summed E-state index contributed by atoms with van der Waals surface area (Å²) in [5.41, 5.74) is 0.651. The van der Waals surface area contributed by atoms with Gasteiger partial charge in [0, 0.05) is 12.1 Å². The van der Waals surface area contributed by atoms with Crippen LogP contribution in [0.15, 0.2) is 36.5 Å². The summed E-state index contributed by atoms with van der Waals surface area (Å²) in [4.78, 5) is 11.5. The first-order valence-corrected chi connectivity index (χ1v) is 6.99. The number of hydrogen-bond acceptors (Lipinski definition) is 1. The normalized spacial score (nSPS) is 9.78. The van der Waals surface area contributed by atoms with E-state index in [2.05, 4.69) is 18.8 Å². The molecule has 0 aromatic carbocycles. The summed E-state index contributed by atoms with van der Waals surface area (Å²) in [6.45, 7) is 16.3. The van der Waals surface area contributed by atoms with Crippen LogP contribution in [-0.4, -0.2) is 12.5 Å². The highest BCUT2D eigenvalue weighted by Gasteiger charge is 2.02. The summed E-state index contributed by atoms with van der Waals surface area (Å²) in [7, 11) is 0. The van der Waals surface area contributed by atoms with E-state index >= 15 is 0 Å². The van der Waals surface area contributed by atoms with Crippen LogP contribution in [0.25, 0.3) is 0 Å². The summed E-state index contributed by atoms with van der Waals surface area (Å²) in [6.07, 6.45) is 9.06. The van der Waals surface area contributed by atoms with Gasteiger partial charge in [-0.25, -0.2) is 0 Å². The summed E-state index contributed by atoms with van der Waals surface area (Å²) in [5, 5.41) is 2.85. The minimum absolute atomic E-state index is 0.0311. The Morgan fingerprint density at radius 1 is 1.22 bits per heavy atom. The number of allylic oxidation sites excluding steroid dienone is 3. The zero-order valence-corrected chi connectivity index (χ0v) is 13.0. The highest BCUT2D eigenvalue weighted by molar-refractivity contribution is 5.96. The quantitative estimate of drug-likeness (QED) is 0.417. The minimum atomic E-state index is -0.0311. The molecule has 0 atom stereocenters. The predicted octanol–water partition coefficient (Wildman–Crippen LogP) is 4.64. The largest absolute Gasteiger partial charge is 0.352 e. The molecule has 106 valence electrons. The zero-order chi connectivity index (χ0) is 14.8. The molecule has 0 radical (unpaired) electrons. The second-order valence-corrected chi connectivity index (χ2v) is 2.97. The highest BCUT2D eigenvalue weighted by Crippen LogP contribution is 1.98. The maximum absolute atomic E-state index is 11.5. The standard InChI is InChI=1S/C12H19NO.2C2H6/c1-4-7-10-13-12(14)11(8-5-2)9-6-3;2*1-2/h5-6,8-9H,2,4,7,10H2,1,3H3,(H,13,14);2*1-2H3/b9-6-,11-8+;;. The minimum Gasteiger partial charge on any atom is -0.352 e. The van der Waals surface area contributed by atoms with E-state index in [4.69, 9.17) is 0 Å². The van der Waals surface area contributed by atoms with Crippen molar-refractivity contribution in [2.24, 2.45) is 0 Å². The van der Waals surface area contributed by atoms with Gasteiger partial charge in [-0.3, -0.25) is 4.79 Å². The van der Waals surface area contributed by atoms with Crippen molar-refractivity contribution in [3.8, 4) is 0 Å². The van der Waals surface area contributed by atoms with E-state index in [0.29, 0.717) is 5.57 Å². The number of carbonyl (C=O) groups excluding carboxylic acids is 1. The maximum Gasteiger partial charge on any atom is 0.251 e. The molecule has 0 fully saturated rings. The summed E-state index contributed by atoms with van der Waals surface area (Å²) < 4.78 is 0. The second kappa shape index (κ2) is 21.0. The van der Waals surface area contributed by atoms with Crippen LogP contribution in [0.4, 0.5) is 0 Å². The zero-order valence-electron chi connectivity index (χ0n) is 13.0. The number of amides is 1. The van der Waals surface area contributed by atoms with Crippen LogP contribution >= 0.6 is 0 Å². The van der Waals surface area contributed by atoms with E-state index in [1.165, 1.54) is 0 Å². The first kappa shape index (κ1) is 21.9. The van der Waals surface area contributed by atoms with E-state index in [-0.39, 0.29) is 5.91 Å². The molecule has 0 unspecified atom stereocenters. The van der Waals surface area contributed by atoms with Crippen molar-refractivity contribution < 1.29 is 4.79 Å². The Balaban J connectivity index is -0.000000506. The number of hydrogen-bond donors (Lipinski definition) is 1. The molecule has 0 aliphatic carbocycles. The monoisotopic (exact) mass is 253 g/mol. The molecule has 18 heavy (non-hydrogen) atoms. The summed E-state index contributed by atoms with van der Waals surface area (Å²) >= 11 is 0. The molecule has 2 nitrogen and oxygen atoms in total. The fourth-order valence-corrected chi connectivity index (χ4v) is 0.994. The first-order valence-electron chi connectivity index (χ1n) is 6.99. The highest BCUT2D eigenvalue weighted by atomic mass is 16.1. The molecule has 0 aromatic rings. The molecule has 0 aromatic heterocycles. The predicted molar refractivity (Wildman–Crippen MR) is 83.7 cm³/mol. The average molecular weight is 253 g/mol. The van der Waals surface area contributed by atoms with Crippen molar-refractivity contribution in [1.82, 2.24) is 5.32 Å². The third kappa shape index (κ3) is 14.7. The number of nitrogens with one attached hydrogen (secondary N) is 1. The van der Waals surface area contributed by atoms with Gasteiger partial charge in [-0.2, -0.15) is 0 Å². The topological polar surface area (TPSA) is 29.1 Å². The molecule has 1 amide bonds. The maximum atomic E-state index is 11.5. The van der Waals surface area contributed by atoms with Gasteiger partial charge >= 0.3 is 0 Å². The molecular formula is C16H31NO. The van der Waals surface area contributed by atoms with Crippen LogP contribution in [0.1, 0.15) is 54.4 Å². The molecule has 0 spiro atoms. The molecular weight excluding hydrogens is 222 g/mol. The Hall–Kier alpha value is -1.31. The van der Waals surface area contributed by atoms with Gasteiger partial charge in [-0.05, 0) is 13.3 Å². The van der Waals surface area contributed by atoms with Crippen molar-refractivity contribution in [2.75, 3.05) is 6.54 Å². The molecule has 0 saturated carbocycles. The fraction of sp³-hybridized carbons (Fsp3) is 0.562. The third-order valence-electron chi connectivity index (χ3n) is 1.72. The molecule has 1 N–H and O–H groups in total. The van der Waals surface area contributed by atoms with Crippen LogP contribution in [0.3, 0.4) is 0 Å². The van der Waals surface area contributed by atoms with E-state index < -0.39 is 0 Å². The summed E-state index contributed by atoms with van der Waals surface area (Å²) in [5.74, 6) is -0.0311. The lowest BCUT2D eigenvalue weighted by Crippen LogP contribution is -2.25. The van der Waals surface area contributed by atoms with Gasteiger partial charge in [0.05, 0.1) is 0 Å². The Labute approximate surface area is 114 Å². The van der Waals surface area contributed by atoms with Crippen molar-refractivity contribution in [1.29, 1.82) is 0 Å². The molecule has 0 rings (SSSR count). The van der Waals surface area contributed by atoms with Crippen LogP contribution in [0, 0.1) is 0 Å².